The maximum absolute atomic E-state index is 11.5. The number of carbonyl (C=O) groups excluding carboxylic acids is 2. The molecule has 0 aliphatic carbocycles. The van der Waals surface area contributed by atoms with Gasteiger partial charge in [0.2, 0.25) is 11.8 Å². The van der Waals surface area contributed by atoms with E-state index in [0.717, 1.165) is 56.7 Å². The second-order valence-electron chi connectivity index (χ2n) is 6.98. The molecule has 1 aromatic rings. The number of carbonyl (C=O) groups is 2. The fraction of sp³-hybridized carbons (Fsp3) is 0.667. The van der Waals surface area contributed by atoms with Crippen molar-refractivity contribution in [2.24, 2.45) is 0 Å². The van der Waals surface area contributed by atoms with Gasteiger partial charge in [-0.1, -0.05) is 0 Å². The van der Waals surface area contributed by atoms with Gasteiger partial charge in [-0.05, 0) is 32.2 Å². The molecule has 0 aromatic carbocycles. The summed E-state index contributed by atoms with van der Waals surface area (Å²) in [7, 11) is 0. The molecule has 0 saturated carbocycles. The normalized spacial score (nSPS) is 22.2. The van der Waals surface area contributed by atoms with E-state index in [1.165, 1.54) is 6.92 Å². The van der Waals surface area contributed by atoms with Gasteiger partial charge in [0.15, 0.2) is 0 Å². The van der Waals surface area contributed by atoms with Crippen LogP contribution in [0.4, 0.5) is 0 Å². The molecule has 0 radical (unpaired) electrons. The van der Waals surface area contributed by atoms with Crippen LogP contribution in [-0.4, -0.2) is 57.3 Å². The predicted molar refractivity (Wildman–Crippen MR) is 93.5 cm³/mol. The van der Waals surface area contributed by atoms with E-state index in [-0.39, 0.29) is 11.8 Å². The molecule has 7 heteroatoms. The summed E-state index contributed by atoms with van der Waals surface area (Å²) in [6.45, 7) is 6.33. The zero-order valence-electron chi connectivity index (χ0n) is 15.1. The highest BCUT2D eigenvalue weighted by atomic mass is 16.2. The van der Waals surface area contributed by atoms with Crippen molar-refractivity contribution in [1.29, 1.82) is 0 Å². The van der Waals surface area contributed by atoms with Crippen LogP contribution in [0.25, 0.3) is 0 Å². The lowest BCUT2D eigenvalue weighted by atomic mass is 10.0. The predicted octanol–water partition coefficient (Wildman–Crippen LogP) is 1.26. The van der Waals surface area contributed by atoms with Crippen molar-refractivity contribution in [1.82, 2.24) is 25.1 Å². The van der Waals surface area contributed by atoms with Gasteiger partial charge in [-0.2, -0.15) is 0 Å². The Hall–Kier alpha value is -2.02. The fourth-order valence-electron chi connectivity index (χ4n) is 3.94. The maximum atomic E-state index is 11.5. The number of hydrogen-bond acceptors (Lipinski definition) is 5. The van der Waals surface area contributed by atoms with Crippen molar-refractivity contribution in [3.05, 3.63) is 23.8 Å². The highest BCUT2D eigenvalue weighted by Gasteiger charge is 2.34. The molecule has 2 amide bonds. The molecular formula is C18H27N5O2. The van der Waals surface area contributed by atoms with Crippen molar-refractivity contribution < 1.29 is 9.59 Å². The second-order valence-corrected chi connectivity index (χ2v) is 6.98. The minimum Gasteiger partial charge on any atom is -0.351 e. The van der Waals surface area contributed by atoms with Crippen molar-refractivity contribution in [2.45, 2.75) is 58.2 Å². The van der Waals surface area contributed by atoms with Gasteiger partial charge in [0.25, 0.3) is 0 Å². The van der Waals surface area contributed by atoms with Gasteiger partial charge in [-0.25, -0.2) is 0 Å². The molecule has 1 N–H and O–H groups in total. The first-order chi connectivity index (χ1) is 12.0. The largest absolute Gasteiger partial charge is 0.351 e. The third kappa shape index (κ3) is 4.34. The number of nitrogens with one attached hydrogen (secondary N) is 1. The van der Waals surface area contributed by atoms with Gasteiger partial charge < -0.3 is 10.2 Å². The molecule has 7 nitrogen and oxygen atoms in total. The van der Waals surface area contributed by atoms with Crippen LogP contribution in [0.2, 0.25) is 0 Å². The summed E-state index contributed by atoms with van der Waals surface area (Å²) >= 11 is 0. The minimum absolute atomic E-state index is 0.0630. The summed E-state index contributed by atoms with van der Waals surface area (Å²) < 4.78 is 0. The topological polar surface area (TPSA) is 78.4 Å². The molecule has 3 rings (SSSR count). The van der Waals surface area contributed by atoms with Crippen molar-refractivity contribution >= 4 is 11.8 Å². The third-order valence-electron chi connectivity index (χ3n) is 5.24. The highest BCUT2D eigenvalue weighted by molar-refractivity contribution is 5.73. The van der Waals surface area contributed by atoms with E-state index in [9.17, 15) is 9.59 Å². The Kier molecular flexibility index (Phi) is 5.63. The Morgan fingerprint density at radius 1 is 1.16 bits per heavy atom. The fourth-order valence-corrected chi connectivity index (χ4v) is 3.94. The zero-order chi connectivity index (χ0) is 17.8. The molecule has 0 spiro atoms. The number of rotatable bonds is 4. The molecule has 136 valence electrons. The number of likely N-dealkylation sites (tertiary alicyclic amines) is 2. The van der Waals surface area contributed by atoms with E-state index >= 15 is 0 Å². The van der Waals surface area contributed by atoms with E-state index in [1.807, 2.05) is 11.1 Å². The molecule has 2 fully saturated rings. The van der Waals surface area contributed by atoms with E-state index < -0.39 is 0 Å². The molecule has 3 heterocycles. The smallest absolute Gasteiger partial charge is 0.219 e. The van der Waals surface area contributed by atoms with Crippen molar-refractivity contribution in [3.8, 4) is 0 Å². The van der Waals surface area contributed by atoms with Gasteiger partial charge in [0.1, 0.15) is 0 Å². The minimum atomic E-state index is -0.0630. The average molecular weight is 345 g/mol. The number of piperidine rings is 1. The lowest BCUT2D eigenvalue weighted by molar-refractivity contribution is -0.130. The quantitative estimate of drug-likeness (QED) is 0.889. The lowest BCUT2D eigenvalue weighted by Gasteiger charge is -2.39. The third-order valence-corrected chi connectivity index (χ3v) is 5.24. The number of amides is 2. The van der Waals surface area contributed by atoms with Crippen molar-refractivity contribution in [3.63, 3.8) is 0 Å². The van der Waals surface area contributed by atoms with Crippen LogP contribution in [0.15, 0.2) is 12.4 Å². The first kappa shape index (κ1) is 17.8. The van der Waals surface area contributed by atoms with Crippen molar-refractivity contribution in [2.75, 3.05) is 19.6 Å². The molecule has 2 saturated heterocycles. The van der Waals surface area contributed by atoms with Gasteiger partial charge in [-0.15, -0.1) is 0 Å². The average Bonchev–Trinajstić information content (AvgIpc) is 3.10. The standard InChI is InChI=1S/C18H27N5O2/c1-13(24)20-11-15-10-19-12-17(21-15)18-4-3-7-23(18)16-5-8-22(9-6-16)14(2)25/h10,12,16,18H,3-9,11H2,1-2H3,(H,20,24)/t18-/m0/s1. The molecule has 2 aliphatic heterocycles. The molecule has 1 aromatic heterocycles. The first-order valence-corrected chi connectivity index (χ1v) is 9.11. The van der Waals surface area contributed by atoms with Gasteiger partial charge in [-0.3, -0.25) is 24.5 Å². The molecule has 25 heavy (non-hydrogen) atoms. The van der Waals surface area contributed by atoms with Crippen LogP contribution >= 0.6 is 0 Å². The summed E-state index contributed by atoms with van der Waals surface area (Å²) in [6.07, 6.45) is 7.86. The summed E-state index contributed by atoms with van der Waals surface area (Å²) in [5, 5.41) is 2.78. The second kappa shape index (κ2) is 7.91. The van der Waals surface area contributed by atoms with E-state index in [4.69, 9.17) is 4.98 Å². The summed E-state index contributed by atoms with van der Waals surface area (Å²) in [5.74, 6) is 0.111. The summed E-state index contributed by atoms with van der Waals surface area (Å²) in [4.78, 5) is 36.2. The maximum Gasteiger partial charge on any atom is 0.219 e. The van der Waals surface area contributed by atoms with Gasteiger partial charge >= 0.3 is 0 Å². The Morgan fingerprint density at radius 3 is 2.60 bits per heavy atom. The van der Waals surface area contributed by atoms with Crippen LogP contribution in [0.1, 0.15) is 57.0 Å². The molecule has 0 unspecified atom stereocenters. The summed E-state index contributed by atoms with van der Waals surface area (Å²) in [6, 6.07) is 0.794. The van der Waals surface area contributed by atoms with E-state index in [2.05, 4.69) is 15.2 Å². The Labute approximate surface area is 148 Å². The lowest BCUT2D eigenvalue weighted by Crippen LogP contribution is -2.46. The SMILES string of the molecule is CC(=O)NCc1cncc([C@@H]2CCCN2C2CCN(C(C)=O)CC2)n1. The van der Waals surface area contributed by atoms with Crippen LogP contribution in [0.5, 0.6) is 0 Å². The van der Waals surface area contributed by atoms with Gasteiger partial charge in [0.05, 0.1) is 36.4 Å². The Bertz CT molecular complexity index is 628. The number of nitrogens with zero attached hydrogens (tertiary/aromatic N) is 4. The van der Waals surface area contributed by atoms with E-state index in [0.29, 0.717) is 18.6 Å². The van der Waals surface area contributed by atoms with Crippen LogP contribution < -0.4 is 5.32 Å². The molecule has 0 bridgehead atoms. The van der Waals surface area contributed by atoms with Gasteiger partial charge in [0, 0.05) is 33.0 Å². The number of hydrogen-bond donors (Lipinski definition) is 1. The zero-order valence-corrected chi connectivity index (χ0v) is 15.1. The highest BCUT2D eigenvalue weighted by Crippen LogP contribution is 2.35. The van der Waals surface area contributed by atoms with Crippen LogP contribution in [0.3, 0.4) is 0 Å². The number of aromatic nitrogens is 2. The molecular weight excluding hydrogens is 318 g/mol. The molecule has 2 aliphatic rings. The van der Waals surface area contributed by atoms with Crippen LogP contribution in [0, 0.1) is 0 Å². The van der Waals surface area contributed by atoms with E-state index in [1.54, 1.807) is 13.1 Å². The Morgan fingerprint density at radius 2 is 1.92 bits per heavy atom. The Balaban J connectivity index is 1.66. The molecule has 1 atom stereocenters. The van der Waals surface area contributed by atoms with Crippen LogP contribution in [-0.2, 0) is 16.1 Å². The summed E-state index contributed by atoms with van der Waals surface area (Å²) in [5.41, 5.74) is 1.79. The first-order valence-electron chi connectivity index (χ1n) is 9.11. The monoisotopic (exact) mass is 345 g/mol.